The number of nitrogens with one attached hydrogen (secondary N) is 1. The molecule has 1 rings (SSSR count). The van der Waals surface area contributed by atoms with E-state index in [2.05, 4.69) is 57.3 Å². The SMILES string of the molecule is CCCCCOc1ccc(CNCC(C)(C)CC)cc1. The van der Waals surface area contributed by atoms with E-state index in [1.807, 2.05) is 0 Å². The summed E-state index contributed by atoms with van der Waals surface area (Å²) in [5, 5.41) is 3.53. The van der Waals surface area contributed by atoms with E-state index in [4.69, 9.17) is 4.74 Å². The smallest absolute Gasteiger partial charge is 0.119 e. The van der Waals surface area contributed by atoms with Crippen LogP contribution in [-0.2, 0) is 6.54 Å². The predicted molar refractivity (Wildman–Crippen MR) is 87.2 cm³/mol. The van der Waals surface area contributed by atoms with Crippen molar-refractivity contribution in [2.75, 3.05) is 13.2 Å². The lowest BCUT2D eigenvalue weighted by molar-refractivity contribution is 0.306. The van der Waals surface area contributed by atoms with Gasteiger partial charge >= 0.3 is 0 Å². The van der Waals surface area contributed by atoms with Crippen molar-refractivity contribution in [3.8, 4) is 5.75 Å². The van der Waals surface area contributed by atoms with Crippen LogP contribution in [0.1, 0.15) is 58.9 Å². The molecule has 0 radical (unpaired) electrons. The van der Waals surface area contributed by atoms with Crippen LogP contribution in [0.4, 0.5) is 0 Å². The van der Waals surface area contributed by atoms with Gasteiger partial charge in [-0.2, -0.15) is 0 Å². The molecule has 0 saturated carbocycles. The Labute approximate surface area is 124 Å². The largest absolute Gasteiger partial charge is 0.494 e. The highest BCUT2D eigenvalue weighted by molar-refractivity contribution is 5.27. The summed E-state index contributed by atoms with van der Waals surface area (Å²) in [5.41, 5.74) is 1.69. The minimum Gasteiger partial charge on any atom is -0.494 e. The second-order valence-corrected chi connectivity index (χ2v) is 6.32. The zero-order chi connectivity index (χ0) is 14.8. The monoisotopic (exact) mass is 277 g/mol. The molecule has 2 heteroatoms. The van der Waals surface area contributed by atoms with Crippen molar-refractivity contribution < 1.29 is 4.74 Å². The Kier molecular flexibility index (Phi) is 7.68. The van der Waals surface area contributed by atoms with Crippen LogP contribution in [0.25, 0.3) is 0 Å². The van der Waals surface area contributed by atoms with Gasteiger partial charge in [-0.3, -0.25) is 0 Å². The Bertz CT molecular complexity index is 356. The number of rotatable bonds is 10. The summed E-state index contributed by atoms with van der Waals surface area (Å²) < 4.78 is 5.72. The topological polar surface area (TPSA) is 21.3 Å². The molecule has 0 bridgehead atoms. The molecule has 0 amide bonds. The van der Waals surface area contributed by atoms with E-state index >= 15 is 0 Å². The van der Waals surface area contributed by atoms with Gasteiger partial charge in [-0.25, -0.2) is 0 Å². The fourth-order valence-electron chi connectivity index (χ4n) is 1.92. The van der Waals surface area contributed by atoms with Gasteiger partial charge < -0.3 is 10.1 Å². The molecule has 2 nitrogen and oxygen atoms in total. The van der Waals surface area contributed by atoms with Crippen molar-refractivity contribution in [2.24, 2.45) is 5.41 Å². The fourth-order valence-corrected chi connectivity index (χ4v) is 1.92. The highest BCUT2D eigenvalue weighted by Gasteiger charge is 2.13. The molecule has 0 unspecified atom stereocenters. The summed E-state index contributed by atoms with van der Waals surface area (Å²) in [4.78, 5) is 0. The molecule has 0 aromatic heterocycles. The minimum atomic E-state index is 0.377. The van der Waals surface area contributed by atoms with E-state index in [0.29, 0.717) is 5.41 Å². The third-order valence-corrected chi connectivity index (χ3v) is 3.83. The van der Waals surface area contributed by atoms with Gasteiger partial charge in [-0.05, 0) is 36.0 Å². The average Bonchev–Trinajstić information content (AvgIpc) is 2.45. The number of hydrogen-bond donors (Lipinski definition) is 1. The lowest BCUT2D eigenvalue weighted by Gasteiger charge is -2.23. The van der Waals surface area contributed by atoms with Crippen LogP contribution < -0.4 is 10.1 Å². The molecule has 0 atom stereocenters. The number of benzene rings is 1. The maximum absolute atomic E-state index is 5.72. The third kappa shape index (κ3) is 6.95. The molecule has 1 N–H and O–H groups in total. The Morgan fingerprint density at radius 1 is 1.05 bits per heavy atom. The molecular formula is C18H31NO. The van der Waals surface area contributed by atoms with Crippen LogP contribution in [0.15, 0.2) is 24.3 Å². The average molecular weight is 277 g/mol. The summed E-state index contributed by atoms with van der Waals surface area (Å²) in [6.07, 6.45) is 4.83. The molecule has 0 fully saturated rings. The van der Waals surface area contributed by atoms with Crippen molar-refractivity contribution in [1.82, 2.24) is 5.32 Å². The Hall–Kier alpha value is -1.02. The zero-order valence-corrected chi connectivity index (χ0v) is 13.7. The van der Waals surface area contributed by atoms with E-state index in [0.717, 1.165) is 31.9 Å². The molecule has 0 aliphatic heterocycles. The quantitative estimate of drug-likeness (QED) is 0.621. The summed E-state index contributed by atoms with van der Waals surface area (Å²) in [6, 6.07) is 8.46. The van der Waals surface area contributed by atoms with Gasteiger partial charge in [0.2, 0.25) is 0 Å². The molecule has 114 valence electrons. The van der Waals surface area contributed by atoms with Crippen molar-refractivity contribution in [1.29, 1.82) is 0 Å². The molecule has 0 spiro atoms. The number of ether oxygens (including phenoxy) is 1. The maximum Gasteiger partial charge on any atom is 0.119 e. The molecule has 20 heavy (non-hydrogen) atoms. The van der Waals surface area contributed by atoms with Gasteiger partial charge in [0, 0.05) is 13.1 Å². The Morgan fingerprint density at radius 2 is 1.75 bits per heavy atom. The van der Waals surface area contributed by atoms with Crippen LogP contribution in [0.2, 0.25) is 0 Å². The summed E-state index contributed by atoms with van der Waals surface area (Å²) >= 11 is 0. The van der Waals surface area contributed by atoms with Crippen LogP contribution in [0.3, 0.4) is 0 Å². The predicted octanol–water partition coefficient (Wildman–Crippen LogP) is 4.78. The van der Waals surface area contributed by atoms with Crippen molar-refractivity contribution in [3.05, 3.63) is 29.8 Å². The van der Waals surface area contributed by atoms with E-state index in [-0.39, 0.29) is 0 Å². The van der Waals surface area contributed by atoms with E-state index < -0.39 is 0 Å². The first kappa shape index (κ1) is 17.0. The molecular weight excluding hydrogens is 246 g/mol. The van der Waals surface area contributed by atoms with Gasteiger partial charge in [0.05, 0.1) is 6.61 Å². The molecule has 1 aromatic carbocycles. The summed E-state index contributed by atoms with van der Waals surface area (Å²) in [6.45, 7) is 11.9. The van der Waals surface area contributed by atoms with Gasteiger partial charge in [0.15, 0.2) is 0 Å². The first-order chi connectivity index (χ1) is 9.57. The van der Waals surface area contributed by atoms with Gasteiger partial charge in [-0.1, -0.05) is 52.7 Å². The molecule has 1 aromatic rings. The lowest BCUT2D eigenvalue weighted by atomic mass is 9.90. The van der Waals surface area contributed by atoms with E-state index in [1.165, 1.54) is 24.8 Å². The second-order valence-electron chi connectivity index (χ2n) is 6.32. The Balaban J connectivity index is 2.28. The first-order valence-electron chi connectivity index (χ1n) is 8.00. The van der Waals surface area contributed by atoms with Crippen LogP contribution >= 0.6 is 0 Å². The van der Waals surface area contributed by atoms with Crippen molar-refractivity contribution in [3.63, 3.8) is 0 Å². The molecule has 0 aliphatic rings. The fraction of sp³-hybridized carbons (Fsp3) is 0.667. The zero-order valence-electron chi connectivity index (χ0n) is 13.7. The van der Waals surface area contributed by atoms with Crippen LogP contribution in [0, 0.1) is 5.41 Å². The Morgan fingerprint density at radius 3 is 2.35 bits per heavy atom. The standard InChI is InChI=1S/C18H31NO/c1-5-7-8-13-20-17-11-9-16(10-12-17)14-19-15-18(3,4)6-2/h9-12,19H,5-8,13-15H2,1-4H3. The van der Waals surface area contributed by atoms with Gasteiger partial charge in [-0.15, -0.1) is 0 Å². The maximum atomic E-state index is 5.72. The molecule has 0 aliphatic carbocycles. The number of unbranched alkanes of at least 4 members (excludes halogenated alkanes) is 2. The van der Waals surface area contributed by atoms with Gasteiger partial charge in [0.25, 0.3) is 0 Å². The summed E-state index contributed by atoms with van der Waals surface area (Å²) in [7, 11) is 0. The minimum absolute atomic E-state index is 0.377. The molecule has 0 heterocycles. The highest BCUT2D eigenvalue weighted by Crippen LogP contribution is 2.18. The van der Waals surface area contributed by atoms with Crippen molar-refractivity contribution in [2.45, 2.75) is 59.9 Å². The van der Waals surface area contributed by atoms with Gasteiger partial charge in [0.1, 0.15) is 5.75 Å². The first-order valence-corrected chi connectivity index (χ1v) is 8.00. The summed E-state index contributed by atoms with van der Waals surface area (Å²) in [5.74, 6) is 0.985. The van der Waals surface area contributed by atoms with E-state index in [9.17, 15) is 0 Å². The van der Waals surface area contributed by atoms with Crippen LogP contribution in [0.5, 0.6) is 5.75 Å². The normalized spacial score (nSPS) is 11.6. The van der Waals surface area contributed by atoms with Crippen LogP contribution in [-0.4, -0.2) is 13.2 Å². The third-order valence-electron chi connectivity index (χ3n) is 3.83. The van der Waals surface area contributed by atoms with Crippen molar-refractivity contribution >= 4 is 0 Å². The number of hydrogen-bond acceptors (Lipinski definition) is 2. The lowest BCUT2D eigenvalue weighted by Crippen LogP contribution is -2.28. The van der Waals surface area contributed by atoms with E-state index in [1.54, 1.807) is 0 Å². The highest BCUT2D eigenvalue weighted by atomic mass is 16.5. The second kappa shape index (κ2) is 9.02. The molecule has 0 saturated heterocycles.